The van der Waals surface area contributed by atoms with Gasteiger partial charge in [-0.2, -0.15) is 0 Å². The molecule has 1 atom stereocenters. The van der Waals surface area contributed by atoms with Crippen molar-refractivity contribution in [1.29, 1.82) is 0 Å². The van der Waals surface area contributed by atoms with Crippen LogP contribution in [0.1, 0.15) is 31.0 Å². The van der Waals surface area contributed by atoms with Gasteiger partial charge in [0.1, 0.15) is 0 Å². The molecule has 0 radical (unpaired) electrons. The molecule has 1 unspecified atom stereocenters. The summed E-state index contributed by atoms with van der Waals surface area (Å²) in [4.78, 5) is 31.6. The maximum atomic E-state index is 13.6. The van der Waals surface area contributed by atoms with Crippen molar-refractivity contribution < 1.29 is 19.0 Å². The Balaban J connectivity index is 1.69. The molecule has 0 N–H and O–H groups in total. The van der Waals surface area contributed by atoms with Crippen LogP contribution in [0.15, 0.2) is 68.0 Å². The number of fused-ring (bicyclic) bond motifs is 2. The first kappa shape index (κ1) is 21.7. The van der Waals surface area contributed by atoms with E-state index in [4.69, 9.17) is 14.2 Å². The molecule has 3 heterocycles. The maximum absolute atomic E-state index is 13.6. The lowest BCUT2D eigenvalue weighted by Gasteiger charge is -2.24. The van der Waals surface area contributed by atoms with E-state index >= 15 is 0 Å². The molecule has 168 valence electrons. The van der Waals surface area contributed by atoms with Gasteiger partial charge in [0, 0.05) is 4.47 Å². The maximum Gasteiger partial charge on any atom is 0.338 e. The van der Waals surface area contributed by atoms with Crippen LogP contribution in [0, 0.1) is 0 Å². The number of hydrogen-bond donors (Lipinski definition) is 0. The highest BCUT2D eigenvalue weighted by molar-refractivity contribution is 9.10. The van der Waals surface area contributed by atoms with Gasteiger partial charge in [0.25, 0.3) is 5.56 Å². The van der Waals surface area contributed by atoms with E-state index in [0.29, 0.717) is 32.1 Å². The first-order chi connectivity index (χ1) is 16.0. The number of esters is 1. The Labute approximate surface area is 201 Å². The van der Waals surface area contributed by atoms with Crippen molar-refractivity contribution in [2.24, 2.45) is 4.99 Å². The first-order valence-corrected chi connectivity index (χ1v) is 11.9. The predicted molar refractivity (Wildman–Crippen MR) is 127 cm³/mol. The molecule has 2 aromatic carbocycles. The lowest BCUT2D eigenvalue weighted by Crippen LogP contribution is -2.39. The smallest absolute Gasteiger partial charge is 0.338 e. The molecule has 0 spiro atoms. The SMILES string of the molecule is CCOC(=O)C1=C(C)N=c2sc(=Cc3ccc4c(c3)OCO4)c(=O)n2C1c1ccc(Br)cc1. The summed E-state index contributed by atoms with van der Waals surface area (Å²) < 4.78 is 19.1. The van der Waals surface area contributed by atoms with E-state index in [0.717, 1.165) is 15.6 Å². The average molecular weight is 527 g/mol. The van der Waals surface area contributed by atoms with Gasteiger partial charge in [-0.15, -0.1) is 0 Å². The summed E-state index contributed by atoms with van der Waals surface area (Å²) in [5.74, 6) is 0.847. The fourth-order valence-electron chi connectivity index (χ4n) is 3.91. The molecule has 0 fully saturated rings. The summed E-state index contributed by atoms with van der Waals surface area (Å²) in [6, 6.07) is 12.4. The molecule has 0 bridgehead atoms. The minimum Gasteiger partial charge on any atom is -0.463 e. The van der Waals surface area contributed by atoms with Crippen molar-refractivity contribution in [3.05, 3.63) is 89.0 Å². The summed E-state index contributed by atoms with van der Waals surface area (Å²) >= 11 is 4.73. The third-order valence-electron chi connectivity index (χ3n) is 5.40. The quantitative estimate of drug-likeness (QED) is 0.487. The van der Waals surface area contributed by atoms with Crippen LogP contribution in [-0.2, 0) is 9.53 Å². The fourth-order valence-corrected chi connectivity index (χ4v) is 5.22. The molecule has 1 aromatic heterocycles. The van der Waals surface area contributed by atoms with Crippen LogP contribution < -0.4 is 24.4 Å². The number of nitrogens with zero attached hydrogens (tertiary/aromatic N) is 2. The molecule has 9 heteroatoms. The van der Waals surface area contributed by atoms with Gasteiger partial charge in [-0.25, -0.2) is 9.79 Å². The number of carbonyl (C=O) groups is 1. The zero-order chi connectivity index (χ0) is 23.1. The Morgan fingerprint density at radius 1 is 1.24 bits per heavy atom. The summed E-state index contributed by atoms with van der Waals surface area (Å²) in [6.45, 7) is 3.94. The summed E-state index contributed by atoms with van der Waals surface area (Å²) in [6.07, 6.45) is 1.80. The van der Waals surface area contributed by atoms with Crippen LogP contribution in [0.25, 0.3) is 6.08 Å². The monoisotopic (exact) mass is 526 g/mol. The Morgan fingerprint density at radius 2 is 2.00 bits per heavy atom. The number of ether oxygens (including phenoxy) is 3. The molecule has 33 heavy (non-hydrogen) atoms. The van der Waals surface area contributed by atoms with Gasteiger partial charge in [-0.1, -0.05) is 45.5 Å². The number of benzene rings is 2. The number of allylic oxidation sites excluding steroid dienone is 1. The first-order valence-electron chi connectivity index (χ1n) is 10.3. The molecular formula is C24H19BrN2O5S. The second-order valence-corrected chi connectivity index (χ2v) is 9.39. The van der Waals surface area contributed by atoms with Gasteiger partial charge in [0.15, 0.2) is 16.3 Å². The fraction of sp³-hybridized carbons (Fsp3) is 0.208. The molecule has 5 rings (SSSR count). The van der Waals surface area contributed by atoms with E-state index < -0.39 is 12.0 Å². The van der Waals surface area contributed by atoms with E-state index in [1.807, 2.05) is 42.5 Å². The Morgan fingerprint density at radius 3 is 2.76 bits per heavy atom. The molecule has 7 nitrogen and oxygen atoms in total. The van der Waals surface area contributed by atoms with E-state index in [1.165, 1.54) is 11.3 Å². The molecule has 2 aliphatic rings. The highest BCUT2D eigenvalue weighted by Gasteiger charge is 2.33. The average Bonchev–Trinajstić information content (AvgIpc) is 3.37. The second kappa shape index (κ2) is 8.64. The van der Waals surface area contributed by atoms with Gasteiger partial charge >= 0.3 is 5.97 Å². The summed E-state index contributed by atoms with van der Waals surface area (Å²) in [5.41, 5.74) is 2.29. The lowest BCUT2D eigenvalue weighted by atomic mass is 9.96. The number of aromatic nitrogens is 1. The van der Waals surface area contributed by atoms with E-state index in [9.17, 15) is 9.59 Å². The van der Waals surface area contributed by atoms with Gasteiger partial charge in [-0.05, 0) is 55.3 Å². The number of halogens is 1. The highest BCUT2D eigenvalue weighted by Crippen LogP contribution is 2.33. The number of rotatable bonds is 4. The third-order valence-corrected chi connectivity index (χ3v) is 6.91. The number of thiazole rings is 1. The van der Waals surface area contributed by atoms with E-state index in [1.54, 1.807) is 24.5 Å². The zero-order valence-electron chi connectivity index (χ0n) is 17.8. The van der Waals surface area contributed by atoms with Gasteiger partial charge in [0.2, 0.25) is 6.79 Å². The van der Waals surface area contributed by atoms with Crippen LogP contribution in [0.5, 0.6) is 11.5 Å². The normalized spacial score (nSPS) is 17.1. The van der Waals surface area contributed by atoms with Gasteiger partial charge < -0.3 is 14.2 Å². The topological polar surface area (TPSA) is 79.1 Å². The van der Waals surface area contributed by atoms with Crippen molar-refractivity contribution in [3.63, 3.8) is 0 Å². The van der Waals surface area contributed by atoms with Gasteiger partial charge in [0.05, 0.1) is 28.5 Å². The zero-order valence-corrected chi connectivity index (χ0v) is 20.2. The molecule has 0 saturated carbocycles. The minimum atomic E-state index is -0.632. The second-order valence-electron chi connectivity index (χ2n) is 7.47. The molecule has 3 aromatic rings. The number of carbonyl (C=O) groups excluding carboxylic acids is 1. The molecule has 0 aliphatic carbocycles. The standard InChI is InChI=1S/C24H19BrN2O5S/c1-3-30-23(29)20-13(2)26-24-27(21(20)15-5-7-16(25)8-6-15)22(28)19(33-24)11-14-4-9-17-18(10-14)32-12-31-17/h4-11,21H,3,12H2,1-2H3. The Hall–Kier alpha value is -3.17. The lowest BCUT2D eigenvalue weighted by molar-refractivity contribution is -0.139. The van der Waals surface area contributed by atoms with Crippen molar-refractivity contribution in [2.75, 3.05) is 13.4 Å². The van der Waals surface area contributed by atoms with E-state index in [2.05, 4.69) is 20.9 Å². The Kier molecular flexibility index (Phi) is 5.67. The van der Waals surface area contributed by atoms with E-state index in [-0.39, 0.29) is 19.0 Å². The van der Waals surface area contributed by atoms with Crippen LogP contribution in [0.2, 0.25) is 0 Å². The minimum absolute atomic E-state index is 0.185. The van der Waals surface area contributed by atoms with Crippen molar-refractivity contribution in [2.45, 2.75) is 19.9 Å². The van der Waals surface area contributed by atoms with Crippen LogP contribution in [0.4, 0.5) is 0 Å². The summed E-state index contributed by atoms with van der Waals surface area (Å²) in [5, 5.41) is 0. The molecule has 0 amide bonds. The molecular weight excluding hydrogens is 508 g/mol. The number of hydrogen-bond acceptors (Lipinski definition) is 7. The van der Waals surface area contributed by atoms with Crippen molar-refractivity contribution in [1.82, 2.24) is 4.57 Å². The predicted octanol–water partition coefficient (Wildman–Crippen LogP) is 3.29. The van der Waals surface area contributed by atoms with Crippen LogP contribution in [-0.4, -0.2) is 23.9 Å². The van der Waals surface area contributed by atoms with Crippen LogP contribution in [0.3, 0.4) is 0 Å². The summed E-state index contributed by atoms with van der Waals surface area (Å²) in [7, 11) is 0. The molecule has 0 saturated heterocycles. The molecule has 2 aliphatic heterocycles. The third kappa shape index (κ3) is 3.91. The van der Waals surface area contributed by atoms with Crippen LogP contribution >= 0.6 is 27.3 Å². The highest BCUT2D eigenvalue weighted by atomic mass is 79.9. The largest absolute Gasteiger partial charge is 0.463 e. The van der Waals surface area contributed by atoms with Crippen molar-refractivity contribution in [3.8, 4) is 11.5 Å². The van der Waals surface area contributed by atoms with Gasteiger partial charge in [-0.3, -0.25) is 9.36 Å². The van der Waals surface area contributed by atoms with Crippen molar-refractivity contribution >= 4 is 39.3 Å². The Bertz CT molecular complexity index is 1470.